The topological polar surface area (TPSA) is 83.6 Å². The van der Waals surface area contributed by atoms with Gasteiger partial charge in [-0.1, -0.05) is 12.1 Å². The fraction of sp³-hybridized carbons (Fsp3) is 0.500. The van der Waals surface area contributed by atoms with Crippen LogP contribution in [0.1, 0.15) is 18.9 Å². The molecular formula is C12H18N2O3S. The van der Waals surface area contributed by atoms with E-state index in [1.54, 1.807) is 31.2 Å². The summed E-state index contributed by atoms with van der Waals surface area (Å²) in [6, 6.07) is 6.54. The predicted molar refractivity (Wildman–Crippen MR) is 68.3 cm³/mol. The zero-order valence-electron chi connectivity index (χ0n) is 10.3. The van der Waals surface area contributed by atoms with Gasteiger partial charge in [0.15, 0.2) is 0 Å². The molecule has 0 amide bonds. The first kappa shape index (κ1) is 13.5. The third-order valence-electron chi connectivity index (χ3n) is 3.21. The van der Waals surface area contributed by atoms with Crippen LogP contribution in [0.3, 0.4) is 0 Å². The fourth-order valence-electron chi connectivity index (χ4n) is 2.06. The Bertz CT molecular complexity index is 523. The molecule has 1 unspecified atom stereocenters. The normalized spacial score (nSPS) is 25.5. The molecule has 1 aromatic carbocycles. The highest BCUT2D eigenvalue weighted by Gasteiger charge is 2.38. The summed E-state index contributed by atoms with van der Waals surface area (Å²) in [6.07, 6.45) is 0.465. The maximum absolute atomic E-state index is 12.3. The summed E-state index contributed by atoms with van der Waals surface area (Å²) in [7, 11) is -3.50. The summed E-state index contributed by atoms with van der Waals surface area (Å²) < 4.78 is 25.9. The zero-order chi connectivity index (χ0) is 13.4. The first-order chi connectivity index (χ1) is 8.35. The molecule has 1 atom stereocenters. The van der Waals surface area contributed by atoms with E-state index in [0.29, 0.717) is 19.5 Å². The van der Waals surface area contributed by atoms with Crippen LogP contribution in [0, 0.1) is 0 Å². The van der Waals surface area contributed by atoms with Gasteiger partial charge in [-0.05, 0) is 31.0 Å². The number of rotatable bonds is 3. The van der Waals surface area contributed by atoms with Crippen molar-refractivity contribution in [1.29, 1.82) is 0 Å². The Labute approximate surface area is 107 Å². The number of aliphatic hydroxyl groups is 1. The third kappa shape index (κ3) is 2.56. The lowest BCUT2D eigenvalue weighted by atomic mass is 10.1. The smallest absolute Gasteiger partial charge is 0.243 e. The molecule has 0 saturated carbocycles. The van der Waals surface area contributed by atoms with Gasteiger partial charge in [0.05, 0.1) is 10.5 Å². The lowest BCUT2D eigenvalue weighted by Gasteiger charge is -2.19. The molecule has 1 saturated heterocycles. The molecule has 1 aromatic rings. The van der Waals surface area contributed by atoms with E-state index in [2.05, 4.69) is 0 Å². The third-order valence-corrected chi connectivity index (χ3v) is 5.07. The first-order valence-corrected chi connectivity index (χ1v) is 7.31. The molecule has 0 spiro atoms. The van der Waals surface area contributed by atoms with E-state index in [4.69, 9.17) is 5.73 Å². The summed E-state index contributed by atoms with van der Waals surface area (Å²) in [6.45, 7) is 2.54. The van der Waals surface area contributed by atoms with Gasteiger partial charge in [0.25, 0.3) is 0 Å². The number of benzene rings is 1. The van der Waals surface area contributed by atoms with E-state index in [1.807, 2.05) is 0 Å². The van der Waals surface area contributed by atoms with Crippen LogP contribution >= 0.6 is 0 Å². The van der Waals surface area contributed by atoms with Crippen molar-refractivity contribution in [3.8, 4) is 0 Å². The first-order valence-electron chi connectivity index (χ1n) is 5.87. The van der Waals surface area contributed by atoms with Crippen molar-refractivity contribution in [2.45, 2.75) is 30.4 Å². The van der Waals surface area contributed by atoms with E-state index in [-0.39, 0.29) is 11.4 Å². The van der Waals surface area contributed by atoms with Gasteiger partial charge < -0.3 is 10.8 Å². The van der Waals surface area contributed by atoms with Crippen LogP contribution in [0.25, 0.3) is 0 Å². The van der Waals surface area contributed by atoms with Gasteiger partial charge in [-0.2, -0.15) is 4.31 Å². The molecule has 0 radical (unpaired) electrons. The number of hydrogen-bond acceptors (Lipinski definition) is 4. The summed E-state index contributed by atoms with van der Waals surface area (Å²) >= 11 is 0. The maximum Gasteiger partial charge on any atom is 0.243 e. The Balaban J connectivity index is 2.25. The van der Waals surface area contributed by atoms with Crippen LogP contribution in [0.5, 0.6) is 0 Å². The highest BCUT2D eigenvalue weighted by Crippen LogP contribution is 2.26. The van der Waals surface area contributed by atoms with Gasteiger partial charge in [0.2, 0.25) is 10.0 Å². The summed E-state index contributed by atoms with van der Waals surface area (Å²) in [5.74, 6) is 0. The van der Waals surface area contributed by atoms with Crippen LogP contribution in [0.2, 0.25) is 0 Å². The van der Waals surface area contributed by atoms with Crippen LogP contribution in [-0.2, 0) is 16.6 Å². The van der Waals surface area contributed by atoms with Gasteiger partial charge in [-0.15, -0.1) is 0 Å². The van der Waals surface area contributed by atoms with Gasteiger partial charge in [-0.3, -0.25) is 0 Å². The second-order valence-electron chi connectivity index (χ2n) is 4.93. The molecule has 5 nitrogen and oxygen atoms in total. The van der Waals surface area contributed by atoms with Crippen LogP contribution in [-0.4, -0.2) is 36.5 Å². The van der Waals surface area contributed by atoms with Crippen molar-refractivity contribution < 1.29 is 13.5 Å². The molecule has 1 fully saturated rings. The fourth-order valence-corrected chi connectivity index (χ4v) is 3.61. The maximum atomic E-state index is 12.3. The largest absolute Gasteiger partial charge is 0.389 e. The minimum absolute atomic E-state index is 0.147. The Morgan fingerprint density at radius 1 is 1.39 bits per heavy atom. The standard InChI is InChI=1S/C12H18N2O3S/c1-12(15)6-7-14(9-12)18(16,17)11-4-2-10(8-13)3-5-11/h2-5,15H,6-9,13H2,1H3. The van der Waals surface area contributed by atoms with Gasteiger partial charge in [0, 0.05) is 19.6 Å². The molecule has 2 rings (SSSR count). The minimum atomic E-state index is -3.50. The summed E-state index contributed by atoms with van der Waals surface area (Å²) in [4.78, 5) is 0.248. The van der Waals surface area contributed by atoms with Gasteiger partial charge >= 0.3 is 0 Å². The van der Waals surface area contributed by atoms with E-state index >= 15 is 0 Å². The second-order valence-corrected chi connectivity index (χ2v) is 6.87. The molecule has 1 heterocycles. The molecule has 0 aromatic heterocycles. The van der Waals surface area contributed by atoms with Crippen molar-refractivity contribution in [2.24, 2.45) is 5.73 Å². The lowest BCUT2D eigenvalue weighted by Crippen LogP contribution is -2.33. The van der Waals surface area contributed by atoms with Crippen LogP contribution in [0.15, 0.2) is 29.2 Å². The van der Waals surface area contributed by atoms with Crippen molar-refractivity contribution in [2.75, 3.05) is 13.1 Å². The molecule has 100 valence electrons. The monoisotopic (exact) mass is 270 g/mol. The molecule has 1 aliphatic heterocycles. The Hall–Kier alpha value is -0.950. The van der Waals surface area contributed by atoms with E-state index in [9.17, 15) is 13.5 Å². The van der Waals surface area contributed by atoms with E-state index in [1.165, 1.54) is 4.31 Å². The molecular weight excluding hydrogens is 252 g/mol. The van der Waals surface area contributed by atoms with Gasteiger partial charge in [0.1, 0.15) is 0 Å². The van der Waals surface area contributed by atoms with Crippen molar-refractivity contribution >= 4 is 10.0 Å². The average Bonchev–Trinajstić information content (AvgIpc) is 2.70. The highest BCUT2D eigenvalue weighted by molar-refractivity contribution is 7.89. The van der Waals surface area contributed by atoms with Crippen molar-refractivity contribution in [3.05, 3.63) is 29.8 Å². The zero-order valence-corrected chi connectivity index (χ0v) is 11.2. The average molecular weight is 270 g/mol. The SMILES string of the molecule is CC1(O)CCN(S(=O)(=O)c2ccc(CN)cc2)C1. The summed E-state index contributed by atoms with van der Waals surface area (Å²) in [5.41, 5.74) is 5.44. The van der Waals surface area contributed by atoms with Crippen molar-refractivity contribution in [3.63, 3.8) is 0 Å². The molecule has 18 heavy (non-hydrogen) atoms. The molecule has 1 aliphatic rings. The molecule has 6 heteroatoms. The van der Waals surface area contributed by atoms with E-state index in [0.717, 1.165) is 5.56 Å². The Kier molecular flexibility index (Phi) is 3.46. The molecule has 0 aliphatic carbocycles. The Morgan fingerprint density at radius 3 is 2.44 bits per heavy atom. The highest BCUT2D eigenvalue weighted by atomic mass is 32.2. The predicted octanol–water partition coefficient (Wildman–Crippen LogP) is 0.291. The summed E-state index contributed by atoms with van der Waals surface area (Å²) in [5, 5.41) is 9.83. The number of sulfonamides is 1. The number of hydrogen-bond donors (Lipinski definition) is 2. The van der Waals surface area contributed by atoms with Crippen LogP contribution in [0.4, 0.5) is 0 Å². The quantitative estimate of drug-likeness (QED) is 0.827. The van der Waals surface area contributed by atoms with E-state index < -0.39 is 15.6 Å². The minimum Gasteiger partial charge on any atom is -0.389 e. The number of nitrogens with zero attached hydrogens (tertiary/aromatic N) is 1. The van der Waals surface area contributed by atoms with Crippen LogP contribution < -0.4 is 5.73 Å². The van der Waals surface area contributed by atoms with Gasteiger partial charge in [-0.25, -0.2) is 8.42 Å². The van der Waals surface area contributed by atoms with Crippen molar-refractivity contribution in [1.82, 2.24) is 4.31 Å². The molecule has 3 N–H and O–H groups in total. The second kappa shape index (κ2) is 4.62. The number of nitrogens with two attached hydrogens (primary N) is 1. The molecule has 0 bridgehead atoms. The number of β-amino-alcohol motifs (C(OH)–C–C–N with tert-alkyl or cyclic N) is 1. The lowest BCUT2D eigenvalue weighted by molar-refractivity contribution is 0.0762. The Morgan fingerprint density at radius 2 is 2.00 bits per heavy atom.